The Labute approximate surface area is 196 Å². The number of amides is 1. The zero-order chi connectivity index (χ0) is 22.3. The van der Waals surface area contributed by atoms with Gasteiger partial charge < -0.3 is 24.8 Å². The van der Waals surface area contributed by atoms with Crippen molar-refractivity contribution < 1.29 is 19.4 Å². The van der Waals surface area contributed by atoms with Crippen LogP contribution in [0.1, 0.15) is 51.4 Å². The van der Waals surface area contributed by atoms with Crippen LogP contribution in [0.3, 0.4) is 0 Å². The summed E-state index contributed by atoms with van der Waals surface area (Å²) in [6.07, 6.45) is 8.42. The van der Waals surface area contributed by atoms with Crippen molar-refractivity contribution in [3.05, 3.63) is 18.2 Å². The average molecular weight is 466 g/mol. The fourth-order valence-electron chi connectivity index (χ4n) is 4.87. The number of fused-ring (bicyclic) bond motifs is 1. The van der Waals surface area contributed by atoms with Gasteiger partial charge in [0.2, 0.25) is 6.79 Å². The minimum Gasteiger partial charge on any atom is -0.465 e. The lowest BCUT2D eigenvalue weighted by molar-refractivity contribution is 0.173. The molecule has 3 fully saturated rings. The van der Waals surface area contributed by atoms with Gasteiger partial charge in [-0.05, 0) is 69.5 Å². The standard InChI is InChI=1S/C20H29N3O4.C4H7Cl/c24-20(25)21-16-6-4-15(5-7-16)8-9-22-10-12-23(13-11-22)17-2-1-3-18-19(17)27-14-26-18;5-4-2-1-3-4/h1-3,15-16,21H,4-14H2,(H,24,25);4H,1-3H2/t15-,16-;. The number of piperazine rings is 1. The van der Waals surface area contributed by atoms with Crippen molar-refractivity contribution in [1.82, 2.24) is 10.2 Å². The predicted molar refractivity (Wildman–Crippen MR) is 126 cm³/mol. The number of anilines is 1. The van der Waals surface area contributed by atoms with Crippen molar-refractivity contribution in [1.29, 1.82) is 0 Å². The maximum atomic E-state index is 10.7. The third-order valence-corrected chi connectivity index (χ3v) is 7.59. The Morgan fingerprint density at radius 1 is 1.06 bits per heavy atom. The van der Waals surface area contributed by atoms with Crippen molar-refractivity contribution >= 4 is 23.4 Å². The van der Waals surface area contributed by atoms with Crippen LogP contribution in [0.4, 0.5) is 10.5 Å². The molecule has 2 N–H and O–H groups in total. The summed E-state index contributed by atoms with van der Waals surface area (Å²) in [6.45, 7) is 5.61. The zero-order valence-corrected chi connectivity index (χ0v) is 19.6. The molecule has 0 radical (unpaired) electrons. The van der Waals surface area contributed by atoms with Gasteiger partial charge in [0.15, 0.2) is 11.5 Å². The number of nitrogens with zero attached hydrogens (tertiary/aromatic N) is 2. The number of carboxylic acid groups (broad SMARTS) is 1. The van der Waals surface area contributed by atoms with Gasteiger partial charge in [-0.2, -0.15) is 0 Å². The Kier molecular flexibility index (Phi) is 8.25. The van der Waals surface area contributed by atoms with Crippen LogP contribution >= 0.6 is 11.6 Å². The SMILES string of the molecule is ClC1CCC1.O=C(O)N[C@H]1CC[C@H](CCN2CCN(c3cccc4c3OCO4)CC2)CC1. The highest BCUT2D eigenvalue weighted by Gasteiger charge is 2.26. The van der Waals surface area contributed by atoms with Crippen molar-refractivity contribution in [3.63, 3.8) is 0 Å². The highest BCUT2D eigenvalue weighted by atomic mass is 35.5. The second kappa shape index (κ2) is 11.3. The van der Waals surface area contributed by atoms with E-state index in [1.807, 2.05) is 12.1 Å². The first kappa shape index (κ1) is 23.3. The first-order valence-electron chi connectivity index (χ1n) is 12.1. The number of alkyl halides is 1. The number of nitrogens with one attached hydrogen (secondary N) is 1. The van der Waals surface area contributed by atoms with E-state index in [-0.39, 0.29) is 6.04 Å². The molecule has 1 aromatic rings. The smallest absolute Gasteiger partial charge is 0.404 e. The van der Waals surface area contributed by atoms with Crippen LogP contribution in [-0.2, 0) is 0 Å². The topological polar surface area (TPSA) is 74.3 Å². The Balaban J connectivity index is 0.000000433. The van der Waals surface area contributed by atoms with Gasteiger partial charge in [0.05, 0.1) is 5.69 Å². The van der Waals surface area contributed by atoms with Crippen LogP contribution in [0.2, 0.25) is 0 Å². The Morgan fingerprint density at radius 3 is 2.41 bits per heavy atom. The molecule has 2 heterocycles. The van der Waals surface area contributed by atoms with Gasteiger partial charge in [-0.15, -0.1) is 11.6 Å². The summed E-state index contributed by atoms with van der Waals surface area (Å²) in [7, 11) is 0. The number of carbonyl (C=O) groups is 1. The van der Waals surface area contributed by atoms with E-state index in [1.165, 1.54) is 25.7 Å². The third kappa shape index (κ3) is 6.35. The Bertz CT molecular complexity index is 745. The minimum atomic E-state index is -0.891. The van der Waals surface area contributed by atoms with Gasteiger partial charge in [0, 0.05) is 37.6 Å². The Hall–Kier alpha value is -1.86. The summed E-state index contributed by atoms with van der Waals surface area (Å²) in [6, 6.07) is 6.27. The molecule has 2 saturated carbocycles. The van der Waals surface area contributed by atoms with E-state index in [2.05, 4.69) is 21.2 Å². The molecule has 2 aliphatic heterocycles. The number of rotatable bonds is 5. The number of halogens is 1. The molecule has 178 valence electrons. The molecule has 32 heavy (non-hydrogen) atoms. The van der Waals surface area contributed by atoms with Crippen LogP contribution in [0.5, 0.6) is 11.5 Å². The van der Waals surface area contributed by atoms with Crippen molar-refractivity contribution in [3.8, 4) is 11.5 Å². The van der Waals surface area contributed by atoms with E-state index in [9.17, 15) is 4.79 Å². The van der Waals surface area contributed by atoms with Gasteiger partial charge in [0.1, 0.15) is 0 Å². The maximum absolute atomic E-state index is 10.7. The Morgan fingerprint density at radius 2 is 1.78 bits per heavy atom. The van der Waals surface area contributed by atoms with E-state index in [0.29, 0.717) is 12.2 Å². The van der Waals surface area contributed by atoms with E-state index in [1.54, 1.807) is 0 Å². The molecule has 1 amide bonds. The maximum Gasteiger partial charge on any atom is 0.404 e. The summed E-state index contributed by atoms with van der Waals surface area (Å²) in [5.74, 6) is 2.47. The fourth-order valence-corrected chi connectivity index (χ4v) is 5.18. The largest absolute Gasteiger partial charge is 0.465 e. The lowest BCUT2D eigenvalue weighted by Crippen LogP contribution is -2.47. The lowest BCUT2D eigenvalue weighted by atomic mass is 9.84. The monoisotopic (exact) mass is 465 g/mol. The number of hydrogen-bond acceptors (Lipinski definition) is 5. The van der Waals surface area contributed by atoms with Crippen LogP contribution in [0.25, 0.3) is 0 Å². The van der Waals surface area contributed by atoms with Gasteiger partial charge in [-0.25, -0.2) is 4.79 Å². The van der Waals surface area contributed by atoms with Gasteiger partial charge >= 0.3 is 6.09 Å². The summed E-state index contributed by atoms with van der Waals surface area (Å²) in [4.78, 5) is 15.7. The minimum absolute atomic E-state index is 0.154. The lowest BCUT2D eigenvalue weighted by Gasteiger charge is -2.37. The fraction of sp³-hybridized carbons (Fsp3) is 0.708. The van der Waals surface area contributed by atoms with Crippen LogP contribution < -0.4 is 19.7 Å². The predicted octanol–water partition coefficient (Wildman–Crippen LogP) is 4.53. The molecule has 1 aromatic carbocycles. The quantitative estimate of drug-likeness (QED) is 0.622. The van der Waals surface area contributed by atoms with Crippen LogP contribution in [-0.4, -0.2) is 67.0 Å². The van der Waals surface area contributed by atoms with Crippen LogP contribution in [0.15, 0.2) is 18.2 Å². The number of hydrogen-bond donors (Lipinski definition) is 2. The van der Waals surface area contributed by atoms with E-state index >= 15 is 0 Å². The summed E-state index contributed by atoms with van der Waals surface area (Å²) >= 11 is 5.55. The van der Waals surface area contributed by atoms with Crippen molar-refractivity contribution in [2.75, 3.05) is 44.4 Å². The molecule has 7 nitrogen and oxygen atoms in total. The first-order valence-corrected chi connectivity index (χ1v) is 12.5. The molecule has 0 spiro atoms. The highest BCUT2D eigenvalue weighted by molar-refractivity contribution is 6.21. The molecule has 0 atom stereocenters. The number of ether oxygens (including phenoxy) is 2. The van der Waals surface area contributed by atoms with Gasteiger partial charge in [-0.1, -0.05) is 12.5 Å². The highest BCUT2D eigenvalue weighted by Crippen LogP contribution is 2.41. The molecule has 5 rings (SSSR count). The van der Waals surface area contributed by atoms with Gasteiger partial charge in [-0.3, -0.25) is 4.90 Å². The number of benzene rings is 1. The van der Waals surface area contributed by atoms with Crippen LogP contribution in [0, 0.1) is 5.92 Å². The molecular formula is C24H36ClN3O4. The summed E-state index contributed by atoms with van der Waals surface area (Å²) in [5.41, 5.74) is 1.15. The molecule has 4 aliphatic rings. The molecule has 0 aromatic heterocycles. The molecule has 2 aliphatic carbocycles. The van der Waals surface area contributed by atoms with Gasteiger partial charge in [0.25, 0.3) is 0 Å². The number of para-hydroxylation sites is 1. The normalized spacial score (nSPS) is 25.5. The van der Waals surface area contributed by atoms with E-state index < -0.39 is 6.09 Å². The van der Waals surface area contributed by atoms with Crippen molar-refractivity contribution in [2.24, 2.45) is 5.92 Å². The average Bonchev–Trinajstić information content (AvgIpc) is 3.27. The zero-order valence-electron chi connectivity index (χ0n) is 18.8. The molecular weight excluding hydrogens is 430 g/mol. The summed E-state index contributed by atoms with van der Waals surface area (Å²) < 4.78 is 11.1. The summed E-state index contributed by atoms with van der Waals surface area (Å²) in [5, 5.41) is 12.0. The van der Waals surface area contributed by atoms with E-state index in [4.69, 9.17) is 26.2 Å². The molecule has 0 unspecified atom stereocenters. The molecule has 8 heteroatoms. The third-order valence-electron chi connectivity index (χ3n) is 7.15. The molecule has 0 bridgehead atoms. The van der Waals surface area contributed by atoms with E-state index in [0.717, 1.165) is 81.5 Å². The second-order valence-corrected chi connectivity index (χ2v) is 9.94. The molecule has 1 saturated heterocycles. The second-order valence-electron chi connectivity index (χ2n) is 9.32. The first-order chi connectivity index (χ1) is 15.6. The van der Waals surface area contributed by atoms with Crippen molar-refractivity contribution in [2.45, 2.75) is 62.8 Å².